The molecule has 2 rings (SSSR count). The monoisotopic (exact) mass is 1110 g/mol. The Morgan fingerprint density at radius 2 is 0.823 bits per heavy atom. The molecule has 0 aliphatic carbocycles. The highest BCUT2D eigenvalue weighted by atomic mass is 16.7. The van der Waals surface area contributed by atoms with Crippen molar-refractivity contribution < 1.29 is 69.0 Å². The van der Waals surface area contributed by atoms with E-state index in [9.17, 15) is 40.5 Å². The van der Waals surface area contributed by atoms with Gasteiger partial charge in [0, 0.05) is 13.0 Å². The molecular weight excluding hydrogens is 1000 g/mol. The molecular formula is C65H110O14. The largest absolute Gasteiger partial charge is 0.457 e. The predicted molar refractivity (Wildman–Crippen MR) is 316 cm³/mol. The van der Waals surface area contributed by atoms with Crippen LogP contribution in [-0.4, -0.2) is 142 Å². The maximum Gasteiger partial charge on any atom is 0.306 e. The molecule has 0 bridgehead atoms. The van der Waals surface area contributed by atoms with E-state index in [4.69, 9.17) is 28.4 Å². The number of aliphatic hydroxyl groups excluding tert-OH is 7. The maximum absolute atomic E-state index is 13.1. The Balaban J connectivity index is 1.71. The third-order valence-electron chi connectivity index (χ3n) is 14.1. The highest BCUT2D eigenvalue weighted by Gasteiger charge is 2.47. The van der Waals surface area contributed by atoms with Gasteiger partial charge in [-0.2, -0.15) is 0 Å². The lowest BCUT2D eigenvalue weighted by Gasteiger charge is -2.42. The number of carbonyl (C=O) groups excluding carboxylic acids is 1. The molecule has 14 nitrogen and oxygen atoms in total. The van der Waals surface area contributed by atoms with Crippen molar-refractivity contribution in [3.8, 4) is 0 Å². The number of aliphatic hydroxyl groups is 7. The fourth-order valence-corrected chi connectivity index (χ4v) is 9.14. The summed E-state index contributed by atoms with van der Waals surface area (Å²) in [7, 11) is 0. The number of esters is 1. The highest BCUT2D eigenvalue weighted by molar-refractivity contribution is 5.69. The second-order valence-corrected chi connectivity index (χ2v) is 21.1. The number of hydrogen-bond acceptors (Lipinski definition) is 14. The molecule has 2 saturated heterocycles. The molecule has 0 aromatic rings. The van der Waals surface area contributed by atoms with E-state index in [1.54, 1.807) is 0 Å². The average molecular weight is 1120 g/mol. The van der Waals surface area contributed by atoms with Crippen molar-refractivity contribution in [3.05, 3.63) is 97.2 Å². The van der Waals surface area contributed by atoms with Gasteiger partial charge in [-0.15, -0.1) is 0 Å². The third kappa shape index (κ3) is 36.9. The highest BCUT2D eigenvalue weighted by Crippen LogP contribution is 2.27. The van der Waals surface area contributed by atoms with Crippen molar-refractivity contribution in [2.45, 2.75) is 274 Å². The number of carbonyl (C=O) groups is 1. The summed E-state index contributed by atoms with van der Waals surface area (Å²) in [5.41, 5.74) is 0. The van der Waals surface area contributed by atoms with Crippen LogP contribution in [0.3, 0.4) is 0 Å². The van der Waals surface area contributed by atoms with Crippen LogP contribution < -0.4 is 0 Å². The first-order valence-corrected chi connectivity index (χ1v) is 30.8. The summed E-state index contributed by atoms with van der Waals surface area (Å²) in [6.07, 6.45) is 51.8. The molecule has 7 N–H and O–H groups in total. The normalized spacial score (nSPS) is 24.7. The number of ether oxygens (including phenoxy) is 6. The SMILES string of the molecule is CC/C=C\C/C=C\C/C=C\C/C=C\C/C=C\CCCCCCOCC(COC1OC(COC2OC(CO)C(O)C(O)C2O)C(O)C(O)C1O)OC(=O)CCCCCCCCCCCC/C=C\C/C=C\C/C=C\CCCCCCC. The van der Waals surface area contributed by atoms with Gasteiger partial charge in [-0.1, -0.05) is 201 Å². The van der Waals surface area contributed by atoms with Gasteiger partial charge in [0.05, 0.1) is 26.4 Å². The van der Waals surface area contributed by atoms with Crippen molar-refractivity contribution in [1.29, 1.82) is 0 Å². The van der Waals surface area contributed by atoms with Crippen molar-refractivity contribution in [2.75, 3.05) is 33.0 Å². The predicted octanol–water partition coefficient (Wildman–Crippen LogP) is 11.7. The zero-order valence-corrected chi connectivity index (χ0v) is 48.8. The van der Waals surface area contributed by atoms with E-state index in [1.807, 2.05) is 0 Å². The Kier molecular flexibility index (Phi) is 46.1. The van der Waals surface area contributed by atoms with E-state index in [0.717, 1.165) is 103 Å². The van der Waals surface area contributed by atoms with Crippen molar-refractivity contribution in [1.82, 2.24) is 0 Å². The van der Waals surface area contributed by atoms with Gasteiger partial charge in [0.15, 0.2) is 12.6 Å². The van der Waals surface area contributed by atoms with Crippen LogP contribution in [0, 0.1) is 0 Å². The molecule has 11 atom stereocenters. The van der Waals surface area contributed by atoms with E-state index in [2.05, 4.69) is 111 Å². The van der Waals surface area contributed by atoms with Crippen molar-refractivity contribution in [2.24, 2.45) is 0 Å². The van der Waals surface area contributed by atoms with Gasteiger partial charge in [0.1, 0.15) is 54.9 Å². The molecule has 14 heteroatoms. The zero-order chi connectivity index (χ0) is 57.2. The molecule has 11 unspecified atom stereocenters. The summed E-state index contributed by atoms with van der Waals surface area (Å²) in [5, 5.41) is 72.4. The molecule has 2 aliphatic rings. The minimum absolute atomic E-state index is 0.0371. The number of allylic oxidation sites excluding steroid dienone is 16. The molecule has 0 radical (unpaired) electrons. The van der Waals surface area contributed by atoms with Gasteiger partial charge in [-0.05, 0) is 96.3 Å². The van der Waals surface area contributed by atoms with Gasteiger partial charge in [0.2, 0.25) is 0 Å². The van der Waals surface area contributed by atoms with Crippen LogP contribution in [0.25, 0.3) is 0 Å². The van der Waals surface area contributed by atoms with E-state index in [0.29, 0.717) is 13.0 Å². The fraction of sp³-hybridized carbons (Fsp3) is 0.738. The molecule has 0 amide bonds. The summed E-state index contributed by atoms with van der Waals surface area (Å²) in [6.45, 7) is 3.49. The lowest BCUT2D eigenvalue weighted by molar-refractivity contribution is -0.332. The Bertz CT molecular complexity index is 1670. The molecule has 454 valence electrons. The molecule has 2 fully saturated rings. The number of unbranched alkanes of at least 4 members (excludes halogenated alkanes) is 19. The van der Waals surface area contributed by atoms with Gasteiger partial charge in [-0.25, -0.2) is 0 Å². The number of hydrogen-bond donors (Lipinski definition) is 7. The second-order valence-electron chi connectivity index (χ2n) is 21.1. The minimum Gasteiger partial charge on any atom is -0.457 e. The summed E-state index contributed by atoms with van der Waals surface area (Å²) in [4.78, 5) is 13.1. The number of rotatable bonds is 49. The van der Waals surface area contributed by atoms with E-state index in [-0.39, 0.29) is 19.6 Å². The van der Waals surface area contributed by atoms with Crippen LogP contribution >= 0.6 is 0 Å². The first-order valence-electron chi connectivity index (χ1n) is 30.8. The minimum atomic E-state index is -1.72. The molecule has 79 heavy (non-hydrogen) atoms. The van der Waals surface area contributed by atoms with Gasteiger partial charge >= 0.3 is 5.97 Å². The van der Waals surface area contributed by atoms with Crippen LogP contribution in [0.5, 0.6) is 0 Å². The van der Waals surface area contributed by atoms with E-state index >= 15 is 0 Å². The van der Waals surface area contributed by atoms with Crippen LogP contribution in [0.4, 0.5) is 0 Å². The quantitative estimate of drug-likeness (QED) is 0.0172. The molecule has 2 heterocycles. The zero-order valence-electron chi connectivity index (χ0n) is 48.8. The summed E-state index contributed by atoms with van der Waals surface area (Å²) in [5.74, 6) is -0.392. The fourth-order valence-electron chi connectivity index (χ4n) is 9.14. The molecule has 2 aliphatic heterocycles. The van der Waals surface area contributed by atoms with Crippen molar-refractivity contribution in [3.63, 3.8) is 0 Å². The third-order valence-corrected chi connectivity index (χ3v) is 14.1. The Morgan fingerprint density at radius 1 is 0.430 bits per heavy atom. The Hall–Kier alpha value is -3.09. The van der Waals surface area contributed by atoms with E-state index in [1.165, 1.54) is 77.0 Å². The van der Waals surface area contributed by atoms with Gasteiger partial charge in [-0.3, -0.25) is 4.79 Å². The molecule has 0 saturated carbocycles. The van der Waals surface area contributed by atoms with Gasteiger partial charge in [0.25, 0.3) is 0 Å². The van der Waals surface area contributed by atoms with E-state index < -0.39 is 86.7 Å². The smallest absolute Gasteiger partial charge is 0.306 e. The van der Waals surface area contributed by atoms with Crippen LogP contribution in [0.2, 0.25) is 0 Å². The van der Waals surface area contributed by atoms with Gasteiger partial charge < -0.3 is 64.2 Å². The topological polar surface area (TPSA) is 214 Å². The second kappa shape index (κ2) is 50.6. The van der Waals surface area contributed by atoms with Crippen molar-refractivity contribution >= 4 is 5.97 Å². The van der Waals surface area contributed by atoms with Crippen LogP contribution in [0.15, 0.2) is 97.2 Å². The first kappa shape index (κ1) is 72.0. The maximum atomic E-state index is 13.1. The Labute approximate surface area is 477 Å². The average Bonchev–Trinajstić information content (AvgIpc) is 3.46. The summed E-state index contributed by atoms with van der Waals surface area (Å²) in [6, 6.07) is 0. The standard InChI is InChI=1S/C65H110O14/c1-3-5-7-9-11-13-15-17-19-21-23-25-26-27-28-29-30-32-34-36-38-40-42-44-46-48-57(67)77-54(51-74-49-47-45-43-41-39-37-35-33-31-24-22-20-18-16-14-12-10-8-6-4-2)52-75-64-63(73)61(71)59(69)56(79-64)53-76-65-62(72)60(70)58(68)55(50-66)78-65/h6,8,12,14-15,17-18,20-21,23-24,26-27,31,35,37,54-56,58-66,68-73H,3-5,7,9-11,13,16,19,22,25,28-30,32-34,36,38-53H2,1-2H3/b8-6-,14-12-,17-15-,20-18-,23-21-,27-26-,31-24-,37-35-. The summed E-state index contributed by atoms with van der Waals surface area (Å²) < 4.78 is 34.4. The molecule has 0 spiro atoms. The summed E-state index contributed by atoms with van der Waals surface area (Å²) >= 11 is 0. The Morgan fingerprint density at radius 3 is 1.29 bits per heavy atom. The molecule has 0 aromatic heterocycles. The first-order chi connectivity index (χ1) is 38.6. The lowest BCUT2D eigenvalue weighted by Crippen LogP contribution is -2.61. The van der Waals surface area contributed by atoms with Crippen LogP contribution in [-0.2, 0) is 33.2 Å². The lowest BCUT2D eigenvalue weighted by atomic mass is 9.98. The molecule has 0 aromatic carbocycles. The van der Waals surface area contributed by atoms with Crippen LogP contribution in [0.1, 0.15) is 206 Å².